The molecular weight excluding hydrogens is 198 g/mol. The van der Waals surface area contributed by atoms with Gasteiger partial charge in [0.05, 0.1) is 0 Å². The molecule has 13 heavy (non-hydrogen) atoms. The molecule has 0 saturated heterocycles. The van der Waals surface area contributed by atoms with Gasteiger partial charge in [0.25, 0.3) is 0 Å². The van der Waals surface area contributed by atoms with Gasteiger partial charge in [-0.05, 0) is 19.7 Å². The van der Waals surface area contributed by atoms with E-state index in [1.54, 1.807) is 0 Å². The summed E-state index contributed by atoms with van der Waals surface area (Å²) >= 11 is 6.12. The molecule has 0 aromatic carbocycles. The molecule has 0 heterocycles. The Morgan fingerprint density at radius 2 is 2.23 bits per heavy atom. The van der Waals surface area contributed by atoms with E-state index in [0.717, 1.165) is 12.3 Å². The summed E-state index contributed by atoms with van der Waals surface area (Å²) in [5.41, 5.74) is 1.20. The summed E-state index contributed by atoms with van der Waals surface area (Å²) in [6.45, 7) is 7.18. The van der Waals surface area contributed by atoms with Crippen LogP contribution in [-0.2, 0) is 0 Å². The van der Waals surface area contributed by atoms with E-state index in [1.807, 2.05) is 11.8 Å². The first kappa shape index (κ1) is 13.4. The van der Waals surface area contributed by atoms with Crippen LogP contribution < -0.4 is 0 Å². The number of thioether (sulfide) groups is 1. The highest BCUT2D eigenvalue weighted by molar-refractivity contribution is 7.98. The van der Waals surface area contributed by atoms with Crippen molar-refractivity contribution in [2.75, 3.05) is 31.4 Å². The van der Waals surface area contributed by atoms with E-state index >= 15 is 0 Å². The summed E-state index contributed by atoms with van der Waals surface area (Å²) in [6, 6.07) is 0.673. The van der Waals surface area contributed by atoms with E-state index in [1.165, 1.54) is 17.7 Å². The van der Waals surface area contributed by atoms with Crippen LogP contribution in [0.15, 0.2) is 12.2 Å². The highest BCUT2D eigenvalue weighted by Crippen LogP contribution is 2.10. The third-order valence-corrected chi connectivity index (χ3v) is 3.32. The van der Waals surface area contributed by atoms with Crippen LogP contribution in [0.25, 0.3) is 0 Å². The van der Waals surface area contributed by atoms with Gasteiger partial charge in [-0.1, -0.05) is 19.1 Å². The fraction of sp³-hybridized carbons (Fsp3) is 0.800. The summed E-state index contributed by atoms with van der Waals surface area (Å²) in [5, 5.41) is 0. The third-order valence-electron chi connectivity index (χ3n) is 2.15. The molecule has 1 nitrogen and oxygen atoms in total. The topological polar surface area (TPSA) is 3.24 Å². The van der Waals surface area contributed by atoms with Crippen molar-refractivity contribution in [1.82, 2.24) is 4.90 Å². The zero-order valence-corrected chi connectivity index (χ0v) is 10.6. The number of nitrogens with zero attached hydrogens (tertiary/aromatic N) is 1. The maximum absolute atomic E-state index is 4.21. The van der Waals surface area contributed by atoms with Crippen LogP contribution >= 0.6 is 24.4 Å². The number of hydrogen-bond acceptors (Lipinski definition) is 3. The van der Waals surface area contributed by atoms with Crippen molar-refractivity contribution in [2.45, 2.75) is 19.4 Å². The van der Waals surface area contributed by atoms with Gasteiger partial charge >= 0.3 is 0 Å². The first-order valence-corrected chi connectivity index (χ1v) is 6.65. The number of rotatable bonds is 7. The van der Waals surface area contributed by atoms with Crippen molar-refractivity contribution < 1.29 is 0 Å². The van der Waals surface area contributed by atoms with Crippen LogP contribution in [0, 0.1) is 0 Å². The van der Waals surface area contributed by atoms with Gasteiger partial charge < -0.3 is 0 Å². The van der Waals surface area contributed by atoms with E-state index in [0.29, 0.717) is 6.04 Å². The monoisotopic (exact) mass is 219 g/mol. The molecule has 0 aliphatic rings. The fourth-order valence-corrected chi connectivity index (χ4v) is 2.26. The van der Waals surface area contributed by atoms with Crippen LogP contribution in [0.1, 0.15) is 13.3 Å². The lowest BCUT2D eigenvalue weighted by atomic mass is 10.2. The van der Waals surface area contributed by atoms with Gasteiger partial charge in [-0.25, -0.2) is 0 Å². The van der Waals surface area contributed by atoms with E-state index in [4.69, 9.17) is 0 Å². The van der Waals surface area contributed by atoms with Crippen LogP contribution in [0.3, 0.4) is 0 Å². The molecule has 0 amide bonds. The molecule has 0 saturated carbocycles. The number of hydrogen-bond donors (Lipinski definition) is 1. The second-order valence-corrected chi connectivity index (χ2v) is 4.57. The first-order chi connectivity index (χ1) is 6.15. The fourth-order valence-electron chi connectivity index (χ4n) is 1.28. The van der Waals surface area contributed by atoms with E-state index in [2.05, 4.69) is 44.3 Å². The van der Waals surface area contributed by atoms with Crippen molar-refractivity contribution in [3.05, 3.63) is 12.2 Å². The standard InChI is InChI=1S/C10H21NS2/c1-5-10(8-13-4)11(3)6-9(2)7-12/h10,12H,2,5-8H2,1,3-4H3. The number of thiol groups is 1. The highest BCUT2D eigenvalue weighted by atomic mass is 32.2. The third kappa shape index (κ3) is 5.66. The minimum atomic E-state index is 0.673. The Hall–Kier alpha value is 0.400. The molecule has 0 spiro atoms. The van der Waals surface area contributed by atoms with Crippen LogP contribution in [-0.4, -0.2) is 42.3 Å². The van der Waals surface area contributed by atoms with Crippen molar-refractivity contribution in [2.24, 2.45) is 0 Å². The SMILES string of the molecule is C=C(CS)CN(C)C(CC)CSC. The first-order valence-electron chi connectivity index (χ1n) is 4.62. The van der Waals surface area contributed by atoms with Crippen molar-refractivity contribution in [1.29, 1.82) is 0 Å². The Morgan fingerprint density at radius 3 is 2.62 bits per heavy atom. The molecule has 3 heteroatoms. The molecule has 0 N–H and O–H groups in total. The minimum Gasteiger partial charge on any atom is -0.299 e. The number of likely N-dealkylation sites (N-methyl/N-ethyl adjacent to an activating group) is 1. The van der Waals surface area contributed by atoms with E-state index in [-0.39, 0.29) is 0 Å². The second kappa shape index (κ2) is 7.77. The largest absolute Gasteiger partial charge is 0.299 e. The molecule has 0 rings (SSSR count). The van der Waals surface area contributed by atoms with Crippen LogP contribution in [0.4, 0.5) is 0 Å². The maximum Gasteiger partial charge on any atom is 0.0198 e. The summed E-state index contributed by atoms with van der Waals surface area (Å²) in [7, 11) is 2.17. The lowest BCUT2D eigenvalue weighted by molar-refractivity contribution is 0.277. The Kier molecular flexibility index (Phi) is 8.01. The average molecular weight is 219 g/mol. The molecule has 0 radical (unpaired) electrons. The molecule has 0 fully saturated rings. The van der Waals surface area contributed by atoms with Crippen molar-refractivity contribution in [3.8, 4) is 0 Å². The van der Waals surface area contributed by atoms with Crippen LogP contribution in [0.5, 0.6) is 0 Å². The molecule has 78 valence electrons. The van der Waals surface area contributed by atoms with Gasteiger partial charge in [0, 0.05) is 24.1 Å². The van der Waals surface area contributed by atoms with Gasteiger partial charge in [-0.3, -0.25) is 4.90 Å². The lowest BCUT2D eigenvalue weighted by Gasteiger charge is -2.26. The zero-order valence-electron chi connectivity index (χ0n) is 8.92. The Balaban J connectivity index is 3.89. The van der Waals surface area contributed by atoms with E-state index in [9.17, 15) is 0 Å². The predicted molar refractivity (Wildman–Crippen MR) is 68.1 cm³/mol. The molecule has 0 aromatic rings. The van der Waals surface area contributed by atoms with Gasteiger partial charge in [0.1, 0.15) is 0 Å². The molecule has 0 bridgehead atoms. The van der Waals surface area contributed by atoms with Gasteiger partial charge in [0.2, 0.25) is 0 Å². The Labute approximate surface area is 92.4 Å². The molecule has 1 unspecified atom stereocenters. The molecule has 0 aliphatic heterocycles. The minimum absolute atomic E-state index is 0.673. The Bertz CT molecular complexity index is 148. The molecule has 1 atom stereocenters. The lowest BCUT2D eigenvalue weighted by Crippen LogP contribution is -2.34. The smallest absolute Gasteiger partial charge is 0.0198 e. The zero-order chi connectivity index (χ0) is 10.3. The quantitative estimate of drug-likeness (QED) is 0.518. The highest BCUT2D eigenvalue weighted by Gasteiger charge is 2.11. The molecule has 0 aromatic heterocycles. The van der Waals surface area contributed by atoms with Gasteiger partial charge in [0.15, 0.2) is 0 Å². The summed E-state index contributed by atoms with van der Waals surface area (Å²) < 4.78 is 0. The summed E-state index contributed by atoms with van der Waals surface area (Å²) in [4.78, 5) is 2.37. The summed E-state index contributed by atoms with van der Waals surface area (Å²) in [6.07, 6.45) is 3.36. The predicted octanol–water partition coefficient (Wildman–Crippen LogP) is 2.55. The van der Waals surface area contributed by atoms with Gasteiger partial charge in [-0.2, -0.15) is 24.4 Å². The van der Waals surface area contributed by atoms with Crippen molar-refractivity contribution >= 4 is 24.4 Å². The normalized spacial score (nSPS) is 13.3. The molecular formula is C10H21NS2. The van der Waals surface area contributed by atoms with Gasteiger partial charge in [-0.15, -0.1) is 0 Å². The summed E-state index contributed by atoms with van der Waals surface area (Å²) in [5.74, 6) is 1.99. The van der Waals surface area contributed by atoms with E-state index < -0.39 is 0 Å². The van der Waals surface area contributed by atoms with Crippen molar-refractivity contribution in [3.63, 3.8) is 0 Å². The molecule has 0 aliphatic carbocycles. The second-order valence-electron chi connectivity index (χ2n) is 3.34. The van der Waals surface area contributed by atoms with Crippen LogP contribution in [0.2, 0.25) is 0 Å². The Morgan fingerprint density at radius 1 is 1.62 bits per heavy atom. The average Bonchev–Trinajstić information content (AvgIpc) is 2.13. The maximum atomic E-state index is 4.21.